The molecule has 0 atom stereocenters. The summed E-state index contributed by atoms with van der Waals surface area (Å²) in [4.78, 5) is 17.4. The van der Waals surface area contributed by atoms with Gasteiger partial charge >= 0.3 is 17.1 Å². The molecular formula is C2H8CuN2O4S2. The van der Waals surface area contributed by atoms with Gasteiger partial charge in [0.2, 0.25) is 0 Å². The average Bonchev–Trinajstić information content (AvgIpc) is 1.25. The Labute approximate surface area is 85.2 Å². The van der Waals surface area contributed by atoms with E-state index in [0.717, 1.165) is 0 Å². The predicted octanol–water partition coefficient (Wildman–Crippen LogP) is -1.50. The van der Waals surface area contributed by atoms with Gasteiger partial charge in [0.05, 0.1) is 0 Å². The summed E-state index contributed by atoms with van der Waals surface area (Å²) >= 11 is 6.85. The van der Waals surface area contributed by atoms with Crippen molar-refractivity contribution in [3.63, 3.8) is 0 Å². The molecule has 0 aromatic carbocycles. The number of carboxylic acid groups (broad SMARTS) is 2. The first-order valence-electron chi connectivity index (χ1n) is 1.22. The van der Waals surface area contributed by atoms with Crippen LogP contribution in [-0.4, -0.2) is 10.6 Å². The Morgan fingerprint density at radius 3 is 0.909 bits per heavy atom. The van der Waals surface area contributed by atoms with E-state index in [1.807, 2.05) is 0 Å². The van der Waals surface area contributed by atoms with Gasteiger partial charge in [0, 0.05) is 0 Å². The maximum Gasteiger partial charge on any atom is 2.00 e. The van der Waals surface area contributed by atoms with Gasteiger partial charge in [-0.15, -0.1) is 0 Å². The van der Waals surface area contributed by atoms with Gasteiger partial charge in [0.15, 0.2) is 0 Å². The molecule has 0 unspecified atom stereocenters. The van der Waals surface area contributed by atoms with Gasteiger partial charge in [0.1, 0.15) is 0 Å². The molecule has 0 amide bonds. The third kappa shape index (κ3) is 18400. The molecule has 6 nitrogen and oxygen atoms in total. The van der Waals surface area contributed by atoms with E-state index in [0.29, 0.717) is 0 Å². The molecule has 0 spiro atoms. The summed E-state index contributed by atoms with van der Waals surface area (Å²) in [6.45, 7) is 0. The van der Waals surface area contributed by atoms with E-state index >= 15 is 0 Å². The molecule has 0 aliphatic carbocycles. The fraction of sp³-hybridized carbons (Fsp3) is 0. The number of hydrogen-bond donors (Lipinski definition) is 2. The topological polar surface area (TPSA) is 153 Å². The Balaban J connectivity index is -0.0000000171. The van der Waals surface area contributed by atoms with Crippen molar-refractivity contribution in [1.82, 2.24) is 12.3 Å². The molecule has 0 aliphatic heterocycles. The summed E-state index contributed by atoms with van der Waals surface area (Å²) in [6.07, 6.45) is 0. The van der Waals surface area contributed by atoms with E-state index < -0.39 is 10.6 Å². The Morgan fingerprint density at radius 2 is 0.909 bits per heavy atom. The Bertz CT molecular complexity index is 82.1. The SMILES string of the molecule is O=C([O-])[S-].O=C([O-])[S-].[Cu+2].[NH4+].[NH4+]. The van der Waals surface area contributed by atoms with Crippen molar-refractivity contribution in [1.29, 1.82) is 0 Å². The molecule has 0 aromatic heterocycles. The first-order valence-corrected chi connectivity index (χ1v) is 2.04. The molecule has 0 saturated heterocycles. The van der Waals surface area contributed by atoms with Crippen LogP contribution < -0.4 is 22.5 Å². The average molecular weight is 252 g/mol. The number of quaternary nitrogens is 2. The second-order valence-electron chi connectivity index (χ2n) is 0.500. The zero-order valence-electron chi connectivity index (χ0n) is 5.75. The minimum absolute atomic E-state index is 0. The zero-order chi connectivity index (χ0) is 7.15. The van der Waals surface area contributed by atoms with E-state index in [1.165, 1.54) is 0 Å². The van der Waals surface area contributed by atoms with Crippen molar-refractivity contribution in [3.8, 4) is 0 Å². The molecule has 0 heterocycles. The zero-order valence-corrected chi connectivity index (χ0v) is 8.33. The maximum absolute atomic E-state index is 8.70. The molecule has 0 saturated carbocycles. The van der Waals surface area contributed by atoms with Crippen LogP contribution in [0.3, 0.4) is 0 Å². The van der Waals surface area contributed by atoms with Gasteiger partial charge in [0.25, 0.3) is 0 Å². The van der Waals surface area contributed by atoms with E-state index in [9.17, 15) is 0 Å². The van der Waals surface area contributed by atoms with Gasteiger partial charge in [-0.25, -0.2) is 0 Å². The van der Waals surface area contributed by atoms with Crippen LogP contribution in [0.2, 0.25) is 0 Å². The van der Waals surface area contributed by atoms with Gasteiger partial charge < -0.3 is 57.4 Å². The molecule has 0 fully saturated rings. The molecule has 73 valence electrons. The third-order valence-electron chi connectivity index (χ3n) is 0. The predicted molar refractivity (Wildman–Crippen MR) is 37.5 cm³/mol. The smallest absolute Gasteiger partial charge is 0.764 e. The molecule has 0 aliphatic rings. The van der Waals surface area contributed by atoms with E-state index in [1.54, 1.807) is 0 Å². The standard InChI is InChI=1S/2CH2O2S.Cu.2H3N/c2*2-1(3)4;;;/h2*4H,(H,2,3);;2*1H3/q;;+2;;/p-2. The van der Waals surface area contributed by atoms with Crippen LogP contribution in [0.1, 0.15) is 0 Å². The van der Waals surface area contributed by atoms with E-state index in [4.69, 9.17) is 19.8 Å². The molecule has 11 heavy (non-hydrogen) atoms. The largest absolute Gasteiger partial charge is 2.00 e. The Hall–Kier alpha value is -0.181. The summed E-state index contributed by atoms with van der Waals surface area (Å²) in [6, 6.07) is 0. The van der Waals surface area contributed by atoms with Crippen molar-refractivity contribution < 1.29 is 36.9 Å². The normalized spacial score (nSPS) is 4.36. The van der Waals surface area contributed by atoms with Gasteiger partial charge in [-0.2, -0.15) is 0 Å². The molecule has 1 radical (unpaired) electrons. The van der Waals surface area contributed by atoms with Crippen LogP contribution in [0.5, 0.6) is 0 Å². The van der Waals surface area contributed by atoms with Crippen molar-refractivity contribution in [2.24, 2.45) is 0 Å². The van der Waals surface area contributed by atoms with Gasteiger partial charge in [-0.05, 0) is 0 Å². The minimum atomic E-state index is -1.50. The van der Waals surface area contributed by atoms with Crippen LogP contribution in [-0.2, 0) is 42.3 Å². The summed E-state index contributed by atoms with van der Waals surface area (Å²) in [5.74, 6) is 0. The van der Waals surface area contributed by atoms with Crippen molar-refractivity contribution in [3.05, 3.63) is 0 Å². The number of rotatable bonds is 0. The second kappa shape index (κ2) is 22.6. The minimum Gasteiger partial charge on any atom is -0.764 e. The summed E-state index contributed by atoms with van der Waals surface area (Å²) < 4.78 is 0. The van der Waals surface area contributed by atoms with Gasteiger partial charge in [-0.3, -0.25) is 0 Å². The van der Waals surface area contributed by atoms with Crippen LogP contribution in [0.25, 0.3) is 0 Å². The number of carbonyl (C=O) groups is 2. The molecule has 0 aromatic rings. The summed E-state index contributed by atoms with van der Waals surface area (Å²) in [7, 11) is 0. The van der Waals surface area contributed by atoms with Crippen molar-refractivity contribution >= 4 is 35.9 Å². The fourth-order valence-corrected chi connectivity index (χ4v) is 0. The molecule has 0 rings (SSSR count). The number of hydrogen-bond acceptors (Lipinski definition) is 6. The molecular weight excluding hydrogens is 244 g/mol. The number of carbonyl (C=O) groups excluding carboxylic acids is 2. The molecule has 8 N–H and O–H groups in total. The Morgan fingerprint density at radius 1 is 0.909 bits per heavy atom. The molecule has 9 heteroatoms. The maximum atomic E-state index is 8.70. The van der Waals surface area contributed by atoms with Crippen LogP contribution in [0.4, 0.5) is 9.59 Å². The summed E-state index contributed by atoms with van der Waals surface area (Å²) in [5.41, 5.74) is 0. The van der Waals surface area contributed by atoms with E-state index in [-0.39, 0.29) is 29.4 Å². The first-order chi connectivity index (χ1) is 3.46. The van der Waals surface area contributed by atoms with Crippen molar-refractivity contribution in [2.75, 3.05) is 0 Å². The Kier molecular flexibility index (Phi) is 63.2. The van der Waals surface area contributed by atoms with Crippen LogP contribution >= 0.6 is 0 Å². The van der Waals surface area contributed by atoms with Crippen LogP contribution in [0.15, 0.2) is 0 Å². The second-order valence-corrected chi connectivity index (χ2v) is 1.17. The monoisotopic (exact) mass is 251 g/mol. The molecule has 0 bridgehead atoms. The van der Waals surface area contributed by atoms with E-state index in [2.05, 4.69) is 25.3 Å². The van der Waals surface area contributed by atoms with Crippen LogP contribution in [0, 0.1) is 0 Å². The first kappa shape index (κ1) is 30.8. The third-order valence-corrected chi connectivity index (χ3v) is 0. The van der Waals surface area contributed by atoms with Crippen molar-refractivity contribution in [2.45, 2.75) is 0 Å². The van der Waals surface area contributed by atoms with Gasteiger partial charge in [-0.1, -0.05) is 10.6 Å². The fourth-order valence-electron chi connectivity index (χ4n) is 0. The quantitative estimate of drug-likeness (QED) is 0.395. The summed E-state index contributed by atoms with van der Waals surface area (Å²) in [5, 5.41) is 14.4.